The van der Waals surface area contributed by atoms with Crippen LogP contribution in [0.4, 0.5) is 0 Å². The molecule has 0 radical (unpaired) electrons. The quantitative estimate of drug-likeness (QED) is 0.671. The van der Waals surface area contributed by atoms with Crippen LogP contribution in [0.25, 0.3) is 0 Å². The summed E-state index contributed by atoms with van der Waals surface area (Å²) in [5.41, 5.74) is 4.02. The predicted octanol–water partition coefficient (Wildman–Crippen LogP) is 0.935. The van der Waals surface area contributed by atoms with Gasteiger partial charge in [0.05, 0.1) is 5.69 Å². The summed E-state index contributed by atoms with van der Waals surface area (Å²) in [6.45, 7) is 2.09. The van der Waals surface area contributed by atoms with Gasteiger partial charge in [-0.05, 0) is 26.8 Å². The van der Waals surface area contributed by atoms with E-state index >= 15 is 0 Å². The smallest absolute Gasteiger partial charge is 0.0644 e. The highest BCUT2D eigenvalue weighted by Crippen LogP contribution is 2.32. The summed E-state index contributed by atoms with van der Waals surface area (Å²) in [5, 5.41) is 7.73. The third-order valence-electron chi connectivity index (χ3n) is 2.76. The number of hydrogen-bond donors (Lipinski definition) is 1. The first-order valence-corrected chi connectivity index (χ1v) is 4.43. The SMILES string of the molecule is CNC1CCc2c1c(C)nn2C. The van der Waals surface area contributed by atoms with Crippen molar-refractivity contribution >= 4 is 0 Å². The molecule has 0 saturated heterocycles. The van der Waals surface area contributed by atoms with Crippen LogP contribution in [0, 0.1) is 6.92 Å². The lowest BCUT2D eigenvalue weighted by molar-refractivity contribution is 0.577. The van der Waals surface area contributed by atoms with Gasteiger partial charge in [0.1, 0.15) is 0 Å². The minimum Gasteiger partial charge on any atom is -0.313 e. The fourth-order valence-electron chi connectivity index (χ4n) is 2.19. The largest absolute Gasteiger partial charge is 0.313 e. The molecule has 0 fully saturated rings. The van der Waals surface area contributed by atoms with E-state index in [0.29, 0.717) is 6.04 Å². The molecule has 0 aromatic carbocycles. The Bertz CT molecular complexity index is 301. The van der Waals surface area contributed by atoms with Crippen molar-refractivity contribution in [2.75, 3.05) is 7.05 Å². The Morgan fingerprint density at radius 2 is 2.33 bits per heavy atom. The fourth-order valence-corrected chi connectivity index (χ4v) is 2.19. The van der Waals surface area contributed by atoms with Crippen LogP contribution in [0.1, 0.15) is 29.4 Å². The van der Waals surface area contributed by atoms with E-state index in [1.54, 1.807) is 0 Å². The lowest BCUT2D eigenvalue weighted by Gasteiger charge is -2.07. The second-order valence-electron chi connectivity index (χ2n) is 3.45. The van der Waals surface area contributed by atoms with E-state index in [1.165, 1.54) is 23.4 Å². The zero-order chi connectivity index (χ0) is 8.72. The molecular weight excluding hydrogens is 150 g/mol. The van der Waals surface area contributed by atoms with Gasteiger partial charge in [0.25, 0.3) is 0 Å². The minimum absolute atomic E-state index is 0.536. The molecule has 1 aliphatic rings. The Morgan fingerprint density at radius 1 is 1.58 bits per heavy atom. The highest BCUT2D eigenvalue weighted by molar-refractivity contribution is 5.33. The van der Waals surface area contributed by atoms with Crippen LogP contribution in [-0.2, 0) is 13.5 Å². The van der Waals surface area contributed by atoms with Gasteiger partial charge in [-0.3, -0.25) is 4.68 Å². The van der Waals surface area contributed by atoms with Gasteiger partial charge in [0.15, 0.2) is 0 Å². The first kappa shape index (κ1) is 7.80. The van der Waals surface area contributed by atoms with E-state index in [1.807, 2.05) is 18.8 Å². The second-order valence-corrected chi connectivity index (χ2v) is 3.45. The Morgan fingerprint density at radius 3 is 3.00 bits per heavy atom. The molecule has 1 aromatic rings. The Hall–Kier alpha value is -0.830. The van der Waals surface area contributed by atoms with Crippen molar-refractivity contribution in [1.29, 1.82) is 0 Å². The van der Waals surface area contributed by atoms with Crippen molar-refractivity contribution < 1.29 is 0 Å². The van der Waals surface area contributed by atoms with Crippen molar-refractivity contribution in [3.63, 3.8) is 0 Å². The number of aromatic nitrogens is 2. The van der Waals surface area contributed by atoms with Gasteiger partial charge in [0.2, 0.25) is 0 Å². The van der Waals surface area contributed by atoms with Crippen LogP contribution in [0.15, 0.2) is 0 Å². The zero-order valence-electron chi connectivity index (χ0n) is 7.89. The third kappa shape index (κ3) is 0.894. The molecule has 1 aliphatic carbocycles. The van der Waals surface area contributed by atoms with E-state index in [4.69, 9.17) is 0 Å². The van der Waals surface area contributed by atoms with E-state index in [0.717, 1.165) is 6.42 Å². The van der Waals surface area contributed by atoms with Crippen molar-refractivity contribution in [3.05, 3.63) is 17.0 Å². The molecule has 0 saturated carbocycles. The number of nitrogens with one attached hydrogen (secondary N) is 1. The molecule has 0 bridgehead atoms. The molecule has 1 aromatic heterocycles. The summed E-state index contributed by atoms with van der Waals surface area (Å²) in [6.07, 6.45) is 2.39. The maximum atomic E-state index is 4.41. The van der Waals surface area contributed by atoms with Gasteiger partial charge >= 0.3 is 0 Å². The second kappa shape index (κ2) is 2.59. The summed E-state index contributed by atoms with van der Waals surface area (Å²) >= 11 is 0. The summed E-state index contributed by atoms with van der Waals surface area (Å²) in [4.78, 5) is 0. The fraction of sp³-hybridized carbons (Fsp3) is 0.667. The van der Waals surface area contributed by atoms with Crippen molar-refractivity contribution in [2.24, 2.45) is 7.05 Å². The normalized spacial score (nSPS) is 21.4. The topological polar surface area (TPSA) is 29.9 Å². The number of fused-ring (bicyclic) bond motifs is 1. The lowest BCUT2D eigenvalue weighted by atomic mass is 10.1. The highest BCUT2D eigenvalue weighted by atomic mass is 15.3. The average molecular weight is 165 g/mol. The molecular formula is C9H15N3. The van der Waals surface area contributed by atoms with E-state index < -0.39 is 0 Å². The van der Waals surface area contributed by atoms with Gasteiger partial charge in [0, 0.05) is 24.3 Å². The molecule has 3 heteroatoms. The van der Waals surface area contributed by atoms with Crippen LogP contribution in [-0.4, -0.2) is 16.8 Å². The van der Waals surface area contributed by atoms with Gasteiger partial charge in [-0.2, -0.15) is 5.10 Å². The van der Waals surface area contributed by atoms with Gasteiger partial charge < -0.3 is 5.32 Å². The van der Waals surface area contributed by atoms with Crippen LogP contribution >= 0.6 is 0 Å². The van der Waals surface area contributed by atoms with E-state index in [-0.39, 0.29) is 0 Å². The third-order valence-corrected chi connectivity index (χ3v) is 2.76. The van der Waals surface area contributed by atoms with Crippen molar-refractivity contribution in [1.82, 2.24) is 15.1 Å². The molecule has 1 atom stereocenters. The molecule has 12 heavy (non-hydrogen) atoms. The molecule has 0 aliphatic heterocycles. The minimum atomic E-state index is 0.536. The summed E-state index contributed by atoms with van der Waals surface area (Å²) in [5.74, 6) is 0. The summed E-state index contributed by atoms with van der Waals surface area (Å²) < 4.78 is 2.02. The molecule has 3 nitrogen and oxygen atoms in total. The van der Waals surface area contributed by atoms with Crippen molar-refractivity contribution in [2.45, 2.75) is 25.8 Å². The van der Waals surface area contributed by atoms with Gasteiger partial charge in [-0.15, -0.1) is 0 Å². The lowest BCUT2D eigenvalue weighted by Crippen LogP contribution is -2.13. The molecule has 1 heterocycles. The molecule has 1 N–H and O–H groups in total. The molecule has 0 amide bonds. The van der Waals surface area contributed by atoms with Crippen LogP contribution in [0.2, 0.25) is 0 Å². The van der Waals surface area contributed by atoms with Gasteiger partial charge in [-0.1, -0.05) is 0 Å². The first-order valence-electron chi connectivity index (χ1n) is 4.43. The highest BCUT2D eigenvalue weighted by Gasteiger charge is 2.26. The van der Waals surface area contributed by atoms with Crippen molar-refractivity contribution in [3.8, 4) is 0 Å². The Labute approximate surface area is 72.8 Å². The monoisotopic (exact) mass is 165 g/mol. The van der Waals surface area contributed by atoms with Gasteiger partial charge in [-0.25, -0.2) is 0 Å². The Kier molecular flexibility index (Phi) is 1.68. The maximum Gasteiger partial charge on any atom is 0.0644 e. The zero-order valence-corrected chi connectivity index (χ0v) is 7.89. The maximum absolute atomic E-state index is 4.41. The van der Waals surface area contributed by atoms with Crippen LogP contribution < -0.4 is 5.32 Å². The Balaban J connectivity index is 2.49. The number of rotatable bonds is 1. The average Bonchev–Trinajstić information content (AvgIpc) is 2.55. The van der Waals surface area contributed by atoms with Crippen LogP contribution in [0.3, 0.4) is 0 Å². The molecule has 1 unspecified atom stereocenters. The number of hydrogen-bond acceptors (Lipinski definition) is 2. The summed E-state index contributed by atoms with van der Waals surface area (Å²) in [7, 11) is 4.05. The number of nitrogens with zero attached hydrogens (tertiary/aromatic N) is 2. The predicted molar refractivity (Wildman–Crippen MR) is 48.1 cm³/mol. The summed E-state index contributed by atoms with van der Waals surface area (Å²) in [6, 6.07) is 0.536. The van der Waals surface area contributed by atoms with Crippen LogP contribution in [0.5, 0.6) is 0 Å². The molecule has 66 valence electrons. The first-order chi connectivity index (χ1) is 5.74. The molecule has 0 spiro atoms. The number of aryl methyl sites for hydroxylation is 2. The van der Waals surface area contributed by atoms with E-state index in [2.05, 4.69) is 17.3 Å². The van der Waals surface area contributed by atoms with E-state index in [9.17, 15) is 0 Å². The standard InChI is InChI=1S/C9H15N3/c1-6-9-7(10-2)4-5-8(9)12(3)11-6/h7,10H,4-5H2,1-3H3. The molecule has 2 rings (SSSR count).